The first-order chi connectivity index (χ1) is 12.0. The summed E-state index contributed by atoms with van der Waals surface area (Å²) in [6.45, 7) is 4.81. The molecule has 140 valence electrons. The van der Waals surface area contributed by atoms with Crippen LogP contribution in [0.2, 0.25) is 0 Å². The quantitative estimate of drug-likeness (QED) is 0.854. The van der Waals surface area contributed by atoms with E-state index in [4.69, 9.17) is 4.42 Å². The molecule has 1 saturated heterocycles. The van der Waals surface area contributed by atoms with Crippen molar-refractivity contribution in [2.24, 2.45) is 5.92 Å². The molecule has 1 saturated carbocycles. The Labute approximate surface area is 150 Å². The first kappa shape index (κ1) is 18.3. The minimum atomic E-state index is -0.244. The van der Waals surface area contributed by atoms with Gasteiger partial charge in [0.1, 0.15) is 11.5 Å². The highest BCUT2D eigenvalue weighted by Crippen LogP contribution is 2.34. The van der Waals surface area contributed by atoms with Crippen LogP contribution in [0.1, 0.15) is 63.4 Å². The van der Waals surface area contributed by atoms with Crippen LogP contribution in [0.25, 0.3) is 0 Å². The zero-order chi connectivity index (χ0) is 17.8. The number of aryl methyl sites for hydroxylation is 2. The Hall–Kier alpha value is -1.49. The summed E-state index contributed by atoms with van der Waals surface area (Å²) < 4.78 is 5.60. The van der Waals surface area contributed by atoms with Crippen LogP contribution >= 0.6 is 0 Å². The van der Waals surface area contributed by atoms with Gasteiger partial charge in [0.2, 0.25) is 0 Å². The molecular formula is C20H32N2O3. The van der Waals surface area contributed by atoms with E-state index in [0.29, 0.717) is 0 Å². The number of hydrogen-bond donors (Lipinski definition) is 2. The fraction of sp³-hybridized carbons (Fsp3) is 0.750. The van der Waals surface area contributed by atoms with Crippen LogP contribution in [-0.2, 0) is 6.42 Å². The van der Waals surface area contributed by atoms with E-state index in [1.807, 2.05) is 30.9 Å². The number of likely N-dealkylation sites (tertiary alicyclic amines) is 1. The van der Waals surface area contributed by atoms with Gasteiger partial charge in [-0.3, -0.25) is 0 Å². The van der Waals surface area contributed by atoms with Gasteiger partial charge in [0.15, 0.2) is 0 Å². The molecule has 0 aromatic carbocycles. The highest BCUT2D eigenvalue weighted by atomic mass is 16.3. The van der Waals surface area contributed by atoms with E-state index in [2.05, 4.69) is 5.32 Å². The third-order valence-electron chi connectivity index (χ3n) is 5.83. The molecule has 2 heterocycles. The lowest BCUT2D eigenvalue weighted by molar-refractivity contribution is 0.0304. The molecule has 1 aliphatic carbocycles. The van der Waals surface area contributed by atoms with Crippen LogP contribution < -0.4 is 5.32 Å². The topological polar surface area (TPSA) is 65.7 Å². The molecule has 25 heavy (non-hydrogen) atoms. The number of carbonyl (C=O) groups is 1. The van der Waals surface area contributed by atoms with Gasteiger partial charge in [-0.15, -0.1) is 0 Å². The van der Waals surface area contributed by atoms with Gasteiger partial charge >= 0.3 is 6.03 Å². The van der Waals surface area contributed by atoms with E-state index in [9.17, 15) is 9.90 Å². The molecular weight excluding hydrogens is 316 g/mol. The van der Waals surface area contributed by atoms with E-state index >= 15 is 0 Å². The van der Waals surface area contributed by atoms with Gasteiger partial charge in [0.05, 0.1) is 6.10 Å². The number of nitrogens with zero attached hydrogens (tertiary/aromatic N) is 1. The lowest BCUT2D eigenvalue weighted by Gasteiger charge is -2.37. The van der Waals surface area contributed by atoms with Gasteiger partial charge in [0, 0.05) is 31.0 Å². The maximum atomic E-state index is 12.7. The smallest absolute Gasteiger partial charge is 0.317 e. The summed E-state index contributed by atoms with van der Waals surface area (Å²) in [5.41, 5.74) is 0. The standard InChI is InChI=1S/C20H32N2O3/c1-14(9-11-16-12-10-15(2)25-16)21-20(24)22-13-5-7-18(22)17-6-3-4-8-19(17)23/h10,12,14,17-19,23H,3-9,11,13H2,1-2H3,(H,21,24). The van der Waals surface area contributed by atoms with Gasteiger partial charge in [-0.2, -0.15) is 0 Å². The van der Waals surface area contributed by atoms with E-state index in [0.717, 1.165) is 63.0 Å². The summed E-state index contributed by atoms with van der Waals surface area (Å²) >= 11 is 0. The van der Waals surface area contributed by atoms with Gasteiger partial charge in [-0.05, 0) is 58.1 Å². The summed E-state index contributed by atoms with van der Waals surface area (Å²) in [4.78, 5) is 14.7. The maximum Gasteiger partial charge on any atom is 0.317 e. The number of aliphatic hydroxyl groups is 1. The summed E-state index contributed by atoms with van der Waals surface area (Å²) in [6, 6.07) is 4.32. The molecule has 0 spiro atoms. The summed E-state index contributed by atoms with van der Waals surface area (Å²) in [5, 5.41) is 13.5. The normalized spacial score (nSPS) is 28.1. The van der Waals surface area contributed by atoms with Crippen molar-refractivity contribution in [2.75, 3.05) is 6.54 Å². The minimum Gasteiger partial charge on any atom is -0.466 e. The molecule has 5 heteroatoms. The molecule has 2 N–H and O–H groups in total. The Morgan fingerprint density at radius 1 is 1.32 bits per heavy atom. The predicted octanol–water partition coefficient (Wildman–Crippen LogP) is 3.63. The van der Waals surface area contributed by atoms with Crippen molar-refractivity contribution in [3.05, 3.63) is 23.7 Å². The third kappa shape index (κ3) is 4.57. The van der Waals surface area contributed by atoms with E-state index in [-0.39, 0.29) is 30.1 Å². The van der Waals surface area contributed by atoms with Crippen molar-refractivity contribution < 1.29 is 14.3 Å². The number of amides is 2. The number of aliphatic hydroxyl groups excluding tert-OH is 1. The molecule has 4 unspecified atom stereocenters. The average molecular weight is 348 g/mol. The number of furan rings is 1. The number of carbonyl (C=O) groups excluding carboxylic acids is 1. The monoisotopic (exact) mass is 348 g/mol. The van der Waals surface area contributed by atoms with Crippen LogP contribution in [0.4, 0.5) is 4.79 Å². The summed E-state index contributed by atoms with van der Waals surface area (Å²) in [6.07, 6.45) is 7.73. The fourth-order valence-corrected chi connectivity index (χ4v) is 4.42. The molecule has 0 radical (unpaired) electrons. The highest BCUT2D eigenvalue weighted by Gasteiger charge is 2.39. The van der Waals surface area contributed by atoms with Crippen LogP contribution in [0.15, 0.2) is 16.5 Å². The fourth-order valence-electron chi connectivity index (χ4n) is 4.42. The van der Waals surface area contributed by atoms with Crippen molar-refractivity contribution in [3.63, 3.8) is 0 Å². The summed E-state index contributed by atoms with van der Waals surface area (Å²) in [7, 11) is 0. The average Bonchev–Trinajstić information content (AvgIpc) is 3.22. The molecule has 1 aliphatic heterocycles. The van der Waals surface area contributed by atoms with Crippen LogP contribution in [0, 0.1) is 12.8 Å². The molecule has 3 rings (SSSR count). The number of urea groups is 1. The molecule has 2 amide bonds. The predicted molar refractivity (Wildman–Crippen MR) is 97.5 cm³/mol. The van der Waals surface area contributed by atoms with Crippen molar-refractivity contribution in [3.8, 4) is 0 Å². The van der Waals surface area contributed by atoms with Crippen LogP contribution in [-0.4, -0.2) is 40.8 Å². The molecule has 1 aromatic rings. The largest absolute Gasteiger partial charge is 0.466 e. The number of nitrogens with one attached hydrogen (secondary N) is 1. The lowest BCUT2D eigenvalue weighted by Crippen LogP contribution is -2.50. The second-order valence-corrected chi connectivity index (χ2v) is 7.82. The minimum absolute atomic E-state index is 0.0309. The third-order valence-corrected chi connectivity index (χ3v) is 5.83. The molecule has 0 bridgehead atoms. The first-order valence-corrected chi connectivity index (χ1v) is 9.85. The molecule has 5 nitrogen and oxygen atoms in total. The Kier molecular flexibility index (Phi) is 6.05. The zero-order valence-electron chi connectivity index (χ0n) is 15.5. The maximum absolute atomic E-state index is 12.7. The Bertz CT molecular complexity index is 571. The molecule has 2 aliphatic rings. The Balaban J connectivity index is 1.50. The second kappa shape index (κ2) is 8.26. The summed E-state index contributed by atoms with van der Waals surface area (Å²) in [5.74, 6) is 2.16. The Morgan fingerprint density at radius 3 is 2.84 bits per heavy atom. The van der Waals surface area contributed by atoms with Crippen molar-refractivity contribution >= 4 is 6.03 Å². The highest BCUT2D eigenvalue weighted by molar-refractivity contribution is 5.75. The van der Waals surface area contributed by atoms with E-state index in [1.165, 1.54) is 6.42 Å². The SMILES string of the molecule is Cc1ccc(CCC(C)NC(=O)N2CCCC2C2CCCCC2O)o1. The number of rotatable bonds is 5. The molecule has 1 aromatic heterocycles. The Morgan fingerprint density at radius 2 is 2.12 bits per heavy atom. The van der Waals surface area contributed by atoms with Gasteiger partial charge in [0.25, 0.3) is 0 Å². The van der Waals surface area contributed by atoms with Crippen molar-refractivity contribution in [2.45, 2.75) is 83.4 Å². The lowest BCUT2D eigenvalue weighted by atomic mass is 9.80. The molecule has 2 fully saturated rings. The zero-order valence-corrected chi connectivity index (χ0v) is 15.5. The van der Waals surface area contributed by atoms with Crippen LogP contribution in [0.5, 0.6) is 0 Å². The van der Waals surface area contributed by atoms with Crippen molar-refractivity contribution in [1.29, 1.82) is 0 Å². The van der Waals surface area contributed by atoms with E-state index in [1.54, 1.807) is 0 Å². The van der Waals surface area contributed by atoms with Gasteiger partial charge < -0.3 is 19.7 Å². The van der Waals surface area contributed by atoms with Gasteiger partial charge in [-0.1, -0.05) is 12.8 Å². The van der Waals surface area contributed by atoms with Crippen molar-refractivity contribution in [1.82, 2.24) is 10.2 Å². The van der Waals surface area contributed by atoms with E-state index < -0.39 is 0 Å². The molecule has 4 atom stereocenters. The number of hydrogen-bond acceptors (Lipinski definition) is 3. The second-order valence-electron chi connectivity index (χ2n) is 7.82. The first-order valence-electron chi connectivity index (χ1n) is 9.85. The van der Waals surface area contributed by atoms with Gasteiger partial charge in [-0.25, -0.2) is 4.79 Å². The van der Waals surface area contributed by atoms with Crippen LogP contribution in [0.3, 0.4) is 0 Å².